The van der Waals surface area contributed by atoms with Crippen molar-refractivity contribution < 1.29 is 14.4 Å². The van der Waals surface area contributed by atoms with E-state index in [1.807, 2.05) is 6.92 Å². The molecule has 9 heteroatoms. The zero-order valence-electron chi connectivity index (χ0n) is 15.7. The molecular weight excluding hydrogens is 358 g/mol. The SMILES string of the molecule is CCNC(=O)NC(=O)C(C)N1CCCC(CNC(=O)C2CCCN2)C1.Cl. The summed E-state index contributed by atoms with van der Waals surface area (Å²) in [6.45, 7) is 7.23. The molecule has 0 bridgehead atoms. The monoisotopic (exact) mass is 389 g/mol. The van der Waals surface area contributed by atoms with E-state index < -0.39 is 6.03 Å². The van der Waals surface area contributed by atoms with Crippen LogP contribution in [-0.4, -0.2) is 67.6 Å². The fraction of sp³-hybridized carbons (Fsp3) is 0.824. The maximum Gasteiger partial charge on any atom is 0.321 e. The van der Waals surface area contributed by atoms with E-state index in [9.17, 15) is 14.4 Å². The Morgan fingerprint density at radius 3 is 2.62 bits per heavy atom. The molecule has 3 unspecified atom stereocenters. The molecule has 0 aromatic rings. The zero-order valence-corrected chi connectivity index (χ0v) is 16.5. The second-order valence-corrected chi connectivity index (χ2v) is 6.92. The molecule has 0 aliphatic carbocycles. The standard InChI is InChI=1S/C17H31N5O3.ClH/c1-3-18-17(25)21-15(23)12(2)22-9-5-6-13(11-22)10-20-16(24)14-7-4-8-19-14;/h12-14,19H,3-11H2,1-2H3,(H,20,24)(H2,18,21,23,25);1H. The Balaban J connectivity index is 0.00000338. The van der Waals surface area contributed by atoms with E-state index >= 15 is 0 Å². The van der Waals surface area contributed by atoms with Crippen molar-refractivity contribution in [2.24, 2.45) is 5.92 Å². The highest BCUT2D eigenvalue weighted by Crippen LogP contribution is 2.18. The molecule has 0 spiro atoms. The lowest BCUT2D eigenvalue weighted by atomic mass is 9.96. The van der Waals surface area contributed by atoms with Gasteiger partial charge in [-0.1, -0.05) is 0 Å². The van der Waals surface area contributed by atoms with E-state index in [2.05, 4.69) is 26.2 Å². The lowest BCUT2D eigenvalue weighted by Crippen LogP contribution is -2.53. The Morgan fingerprint density at radius 2 is 1.96 bits per heavy atom. The summed E-state index contributed by atoms with van der Waals surface area (Å²) in [6, 6.07) is -0.872. The number of carbonyl (C=O) groups is 3. The minimum Gasteiger partial charge on any atom is -0.354 e. The normalized spacial score (nSPS) is 24.2. The molecule has 2 aliphatic rings. The Kier molecular flexibility index (Phi) is 9.90. The molecule has 0 radical (unpaired) electrons. The number of nitrogens with zero attached hydrogens (tertiary/aromatic N) is 1. The number of nitrogens with one attached hydrogen (secondary N) is 4. The molecule has 4 N–H and O–H groups in total. The highest BCUT2D eigenvalue weighted by Gasteiger charge is 2.29. The molecule has 150 valence electrons. The van der Waals surface area contributed by atoms with Gasteiger partial charge in [-0.3, -0.25) is 19.8 Å². The van der Waals surface area contributed by atoms with Crippen LogP contribution < -0.4 is 21.3 Å². The lowest BCUT2D eigenvalue weighted by Gasteiger charge is -2.36. The van der Waals surface area contributed by atoms with Crippen LogP contribution in [0.25, 0.3) is 0 Å². The van der Waals surface area contributed by atoms with Crippen molar-refractivity contribution in [2.45, 2.75) is 51.6 Å². The molecule has 2 fully saturated rings. The van der Waals surface area contributed by atoms with Crippen LogP contribution in [0.4, 0.5) is 4.79 Å². The largest absolute Gasteiger partial charge is 0.354 e. The molecule has 2 rings (SSSR count). The number of likely N-dealkylation sites (tertiary alicyclic amines) is 1. The third kappa shape index (κ3) is 6.74. The summed E-state index contributed by atoms with van der Waals surface area (Å²) < 4.78 is 0. The van der Waals surface area contributed by atoms with Crippen molar-refractivity contribution in [1.29, 1.82) is 0 Å². The number of urea groups is 1. The van der Waals surface area contributed by atoms with Crippen LogP contribution >= 0.6 is 12.4 Å². The Hall–Kier alpha value is -1.38. The van der Waals surface area contributed by atoms with Crippen molar-refractivity contribution >= 4 is 30.3 Å². The van der Waals surface area contributed by atoms with Crippen molar-refractivity contribution in [3.63, 3.8) is 0 Å². The third-order valence-corrected chi connectivity index (χ3v) is 4.99. The van der Waals surface area contributed by atoms with E-state index in [4.69, 9.17) is 0 Å². The van der Waals surface area contributed by atoms with E-state index in [0.717, 1.165) is 45.3 Å². The average Bonchev–Trinajstić information content (AvgIpc) is 3.14. The number of amides is 4. The summed E-state index contributed by atoms with van der Waals surface area (Å²) in [4.78, 5) is 37.9. The lowest BCUT2D eigenvalue weighted by molar-refractivity contribution is -0.126. The van der Waals surface area contributed by atoms with Crippen molar-refractivity contribution in [2.75, 3.05) is 32.7 Å². The van der Waals surface area contributed by atoms with E-state index in [-0.39, 0.29) is 36.3 Å². The van der Waals surface area contributed by atoms with Gasteiger partial charge in [0, 0.05) is 19.6 Å². The van der Waals surface area contributed by atoms with Gasteiger partial charge in [0.15, 0.2) is 0 Å². The number of piperidine rings is 1. The smallest absolute Gasteiger partial charge is 0.321 e. The fourth-order valence-electron chi connectivity index (χ4n) is 3.48. The van der Waals surface area contributed by atoms with Gasteiger partial charge in [0.1, 0.15) is 0 Å². The molecule has 0 aromatic heterocycles. The average molecular weight is 390 g/mol. The molecule has 26 heavy (non-hydrogen) atoms. The number of carbonyl (C=O) groups excluding carboxylic acids is 3. The molecule has 2 heterocycles. The highest BCUT2D eigenvalue weighted by atomic mass is 35.5. The van der Waals surface area contributed by atoms with Gasteiger partial charge in [0.25, 0.3) is 0 Å². The maximum absolute atomic E-state index is 12.2. The molecule has 8 nitrogen and oxygen atoms in total. The van der Waals surface area contributed by atoms with Crippen LogP contribution in [0.2, 0.25) is 0 Å². The van der Waals surface area contributed by atoms with Gasteiger partial charge in [-0.25, -0.2) is 4.79 Å². The number of rotatable bonds is 6. The van der Waals surface area contributed by atoms with Crippen LogP contribution in [0.5, 0.6) is 0 Å². The first-order valence-corrected chi connectivity index (χ1v) is 9.35. The summed E-state index contributed by atoms with van der Waals surface area (Å²) in [5, 5.41) is 11.2. The van der Waals surface area contributed by atoms with E-state index in [1.165, 1.54) is 0 Å². The first kappa shape index (κ1) is 22.7. The van der Waals surface area contributed by atoms with Crippen LogP contribution in [-0.2, 0) is 9.59 Å². The first-order chi connectivity index (χ1) is 12.0. The number of hydrogen-bond acceptors (Lipinski definition) is 5. The summed E-state index contributed by atoms with van der Waals surface area (Å²) in [5.41, 5.74) is 0. The summed E-state index contributed by atoms with van der Waals surface area (Å²) in [7, 11) is 0. The van der Waals surface area contributed by atoms with Gasteiger partial charge in [-0.2, -0.15) is 0 Å². The topological polar surface area (TPSA) is 103 Å². The number of halogens is 1. The molecule has 4 amide bonds. The minimum atomic E-state index is -0.454. The first-order valence-electron chi connectivity index (χ1n) is 9.35. The second kappa shape index (κ2) is 11.4. The minimum absolute atomic E-state index is 0. The van der Waals surface area contributed by atoms with Gasteiger partial charge in [0.05, 0.1) is 12.1 Å². The predicted octanol–water partition coefficient (Wildman–Crippen LogP) is 0.223. The summed E-state index contributed by atoms with van der Waals surface area (Å²) >= 11 is 0. The molecule has 2 aliphatic heterocycles. The Labute approximate surface area is 161 Å². The highest BCUT2D eigenvalue weighted by molar-refractivity contribution is 5.96. The fourth-order valence-corrected chi connectivity index (χ4v) is 3.48. The summed E-state index contributed by atoms with van der Waals surface area (Å²) in [6.07, 6.45) is 3.98. The van der Waals surface area contributed by atoms with Gasteiger partial charge in [0.2, 0.25) is 11.8 Å². The van der Waals surface area contributed by atoms with Gasteiger partial charge in [-0.15, -0.1) is 12.4 Å². The quantitative estimate of drug-likeness (QED) is 0.520. The zero-order chi connectivity index (χ0) is 18.2. The van der Waals surface area contributed by atoms with Gasteiger partial charge < -0.3 is 16.0 Å². The molecule has 0 saturated carbocycles. The van der Waals surface area contributed by atoms with E-state index in [1.54, 1.807) is 6.92 Å². The number of hydrogen-bond donors (Lipinski definition) is 4. The summed E-state index contributed by atoms with van der Waals surface area (Å²) in [5.74, 6) is 0.126. The van der Waals surface area contributed by atoms with E-state index in [0.29, 0.717) is 19.0 Å². The van der Waals surface area contributed by atoms with Crippen LogP contribution in [0.1, 0.15) is 39.5 Å². The Morgan fingerprint density at radius 1 is 1.19 bits per heavy atom. The predicted molar refractivity (Wildman–Crippen MR) is 102 cm³/mol. The third-order valence-electron chi connectivity index (χ3n) is 4.99. The van der Waals surface area contributed by atoms with Crippen molar-refractivity contribution in [1.82, 2.24) is 26.2 Å². The van der Waals surface area contributed by atoms with Gasteiger partial charge in [-0.05, 0) is 58.5 Å². The Bertz CT molecular complexity index is 485. The maximum atomic E-state index is 12.2. The second-order valence-electron chi connectivity index (χ2n) is 6.92. The molecule has 3 atom stereocenters. The van der Waals surface area contributed by atoms with Crippen LogP contribution in [0, 0.1) is 5.92 Å². The van der Waals surface area contributed by atoms with Gasteiger partial charge >= 0.3 is 6.03 Å². The van der Waals surface area contributed by atoms with Crippen LogP contribution in [0.15, 0.2) is 0 Å². The molecule has 2 saturated heterocycles. The number of imide groups is 1. The van der Waals surface area contributed by atoms with Crippen molar-refractivity contribution in [3.8, 4) is 0 Å². The molecular formula is C17H32ClN5O3. The van der Waals surface area contributed by atoms with Crippen LogP contribution in [0.3, 0.4) is 0 Å². The molecule has 0 aromatic carbocycles. The van der Waals surface area contributed by atoms with Crippen molar-refractivity contribution in [3.05, 3.63) is 0 Å².